The van der Waals surface area contributed by atoms with Crippen molar-refractivity contribution in [2.24, 2.45) is 0 Å². The Morgan fingerprint density at radius 3 is 2.08 bits per heavy atom. The van der Waals surface area contributed by atoms with Crippen molar-refractivity contribution in [3.05, 3.63) is 77.5 Å². The molecule has 48 heavy (non-hydrogen) atoms. The van der Waals surface area contributed by atoms with Crippen molar-refractivity contribution >= 4 is 32.8 Å². The van der Waals surface area contributed by atoms with Crippen LogP contribution in [0.4, 0.5) is 4.79 Å². The molecule has 1 aromatic heterocycles. The Morgan fingerprint density at radius 1 is 0.917 bits per heavy atom. The number of amides is 1. The number of aromatic nitrogens is 1. The van der Waals surface area contributed by atoms with Gasteiger partial charge in [0.25, 0.3) is 10.0 Å². The number of carbonyl (C=O) groups is 2. The lowest BCUT2D eigenvalue weighted by Gasteiger charge is -2.39. The van der Waals surface area contributed by atoms with Gasteiger partial charge in [0.05, 0.1) is 58.1 Å². The first kappa shape index (κ1) is 34.5. The summed E-state index contributed by atoms with van der Waals surface area (Å²) in [5.74, 6) is 0.0199. The van der Waals surface area contributed by atoms with Crippen molar-refractivity contribution in [1.82, 2.24) is 8.87 Å². The highest BCUT2D eigenvalue weighted by Crippen LogP contribution is 2.39. The van der Waals surface area contributed by atoms with Gasteiger partial charge in [-0.05, 0) is 62.2 Å². The maximum Gasteiger partial charge on any atom is 0.407 e. The van der Waals surface area contributed by atoms with E-state index in [4.69, 9.17) is 28.4 Å². The van der Waals surface area contributed by atoms with Gasteiger partial charge in [0.1, 0.15) is 5.75 Å². The molecule has 1 saturated heterocycles. The second-order valence-electron chi connectivity index (χ2n) is 11.5. The summed E-state index contributed by atoms with van der Waals surface area (Å²) in [6.45, 7) is 4.11. The van der Waals surface area contributed by atoms with Crippen molar-refractivity contribution in [2.75, 3.05) is 48.2 Å². The van der Waals surface area contributed by atoms with Crippen LogP contribution in [0, 0.1) is 0 Å². The van der Waals surface area contributed by atoms with Gasteiger partial charge in [-0.15, -0.1) is 0 Å². The first-order chi connectivity index (χ1) is 22.8. The number of rotatable bonds is 12. The lowest BCUT2D eigenvalue weighted by Crippen LogP contribution is -2.52. The summed E-state index contributed by atoms with van der Waals surface area (Å²) in [7, 11) is 1.58. The molecule has 4 aromatic rings. The number of hydrogen-bond acceptors (Lipinski definition) is 10. The summed E-state index contributed by atoms with van der Waals surface area (Å²) >= 11 is 0. The summed E-state index contributed by atoms with van der Waals surface area (Å²) in [6.07, 6.45) is 0.529. The predicted molar refractivity (Wildman–Crippen MR) is 175 cm³/mol. The number of ketones is 1. The summed E-state index contributed by atoms with van der Waals surface area (Å²) in [5, 5.41) is 10.2. The van der Waals surface area contributed by atoms with Gasteiger partial charge in [-0.3, -0.25) is 4.79 Å². The van der Waals surface area contributed by atoms with Gasteiger partial charge in [0.15, 0.2) is 23.1 Å². The van der Waals surface area contributed by atoms with E-state index in [1.54, 1.807) is 44.2 Å². The fraction of sp³-hybridized carbons (Fsp3) is 0.353. The van der Waals surface area contributed by atoms with Crippen LogP contribution in [0.5, 0.6) is 23.0 Å². The molecule has 0 atom stereocenters. The van der Waals surface area contributed by atoms with Crippen LogP contribution >= 0.6 is 0 Å². The van der Waals surface area contributed by atoms with E-state index in [0.717, 1.165) is 9.54 Å². The highest BCUT2D eigenvalue weighted by Gasteiger charge is 2.33. The fourth-order valence-corrected chi connectivity index (χ4v) is 6.90. The second-order valence-corrected chi connectivity index (χ2v) is 13.3. The fourth-order valence-electron chi connectivity index (χ4n) is 5.54. The normalized spacial score (nSPS) is 14.8. The SMILES string of the molecule is COc1ccc2c(C(=O)c3cc(OC)c(OC)c(OC)c3)cn(S(=O)(=O)c3ccc(CCN(C(=O)O)C4COC(C)(C)OC4)cc3)c2c1. The van der Waals surface area contributed by atoms with E-state index in [-0.39, 0.29) is 52.8 Å². The first-order valence-corrected chi connectivity index (χ1v) is 16.4. The summed E-state index contributed by atoms with van der Waals surface area (Å²) in [4.78, 5) is 27.2. The van der Waals surface area contributed by atoms with Crippen molar-refractivity contribution in [1.29, 1.82) is 0 Å². The van der Waals surface area contributed by atoms with Gasteiger partial charge < -0.3 is 38.4 Å². The lowest BCUT2D eigenvalue weighted by molar-refractivity contribution is -0.261. The van der Waals surface area contributed by atoms with E-state index in [0.29, 0.717) is 23.3 Å². The van der Waals surface area contributed by atoms with Gasteiger partial charge in [0.2, 0.25) is 5.75 Å². The molecule has 0 unspecified atom stereocenters. The first-order valence-electron chi connectivity index (χ1n) is 15.0. The maximum absolute atomic E-state index is 14.1. The molecule has 0 saturated carbocycles. The van der Waals surface area contributed by atoms with Crippen LogP contribution in [0.2, 0.25) is 0 Å². The average molecular weight is 683 g/mol. The molecule has 1 N–H and O–H groups in total. The van der Waals surface area contributed by atoms with Crippen LogP contribution in [0.1, 0.15) is 35.3 Å². The lowest BCUT2D eigenvalue weighted by atomic mass is 10.0. The van der Waals surface area contributed by atoms with Crippen LogP contribution in [-0.4, -0.2) is 94.3 Å². The van der Waals surface area contributed by atoms with Crippen molar-refractivity contribution in [2.45, 2.75) is 37.0 Å². The van der Waals surface area contributed by atoms with E-state index in [1.165, 1.54) is 63.8 Å². The molecular weight excluding hydrogens is 644 g/mol. The molecule has 0 aliphatic carbocycles. The number of carboxylic acid groups (broad SMARTS) is 1. The van der Waals surface area contributed by atoms with Crippen molar-refractivity contribution in [3.63, 3.8) is 0 Å². The average Bonchev–Trinajstić information content (AvgIpc) is 3.47. The third-order valence-electron chi connectivity index (χ3n) is 8.21. The summed E-state index contributed by atoms with van der Waals surface area (Å²) < 4.78 is 62.0. The molecule has 5 rings (SSSR count). The Morgan fingerprint density at radius 2 is 1.54 bits per heavy atom. The van der Waals surface area contributed by atoms with Crippen molar-refractivity contribution in [3.8, 4) is 23.0 Å². The molecule has 1 aliphatic heterocycles. The molecule has 14 heteroatoms. The molecule has 2 heterocycles. The van der Waals surface area contributed by atoms with Crippen LogP contribution in [0.25, 0.3) is 10.9 Å². The minimum absolute atomic E-state index is 0.0239. The quantitative estimate of drug-likeness (QED) is 0.205. The largest absolute Gasteiger partial charge is 0.497 e. The van der Waals surface area contributed by atoms with E-state index in [9.17, 15) is 23.1 Å². The number of methoxy groups -OCH3 is 4. The van der Waals surface area contributed by atoms with E-state index in [1.807, 2.05) is 0 Å². The van der Waals surface area contributed by atoms with E-state index >= 15 is 0 Å². The second kappa shape index (κ2) is 13.7. The van der Waals surface area contributed by atoms with Gasteiger partial charge in [0, 0.05) is 35.3 Å². The number of nitrogens with zero attached hydrogens (tertiary/aromatic N) is 2. The van der Waals surface area contributed by atoms with Crippen LogP contribution < -0.4 is 18.9 Å². The van der Waals surface area contributed by atoms with Crippen LogP contribution in [-0.2, 0) is 25.9 Å². The molecule has 1 amide bonds. The number of fused-ring (bicyclic) bond motifs is 1. The topological polar surface area (TPSA) is 152 Å². The van der Waals surface area contributed by atoms with Crippen LogP contribution in [0.15, 0.2) is 65.7 Å². The van der Waals surface area contributed by atoms with Crippen molar-refractivity contribution < 1.29 is 51.5 Å². The highest BCUT2D eigenvalue weighted by molar-refractivity contribution is 7.90. The van der Waals surface area contributed by atoms with E-state index < -0.39 is 33.7 Å². The molecular formula is C34H38N2O11S. The Hall–Kier alpha value is -4.79. The number of ether oxygens (including phenoxy) is 6. The van der Waals surface area contributed by atoms with Gasteiger partial charge in [-0.2, -0.15) is 0 Å². The number of hydrogen-bond donors (Lipinski definition) is 1. The standard InChI is InChI=1S/C34H38N2O11S/c1-34(2)46-19-23(20-47-34)35(33(38)39)14-13-21-7-10-25(11-8-21)48(40,41)36-18-27(26-12-9-24(42-3)17-28(26)36)31(37)22-15-29(43-4)32(45-6)30(16-22)44-5/h7-12,15-18,23H,13-14,19-20H2,1-6H3,(H,38,39). The Balaban J connectivity index is 1.45. The zero-order chi connectivity index (χ0) is 34.8. The zero-order valence-corrected chi connectivity index (χ0v) is 28.3. The van der Waals surface area contributed by atoms with Gasteiger partial charge >= 0.3 is 6.09 Å². The minimum Gasteiger partial charge on any atom is -0.497 e. The predicted octanol–water partition coefficient (Wildman–Crippen LogP) is 4.82. The monoisotopic (exact) mass is 682 g/mol. The molecule has 256 valence electrons. The zero-order valence-electron chi connectivity index (χ0n) is 27.5. The number of benzene rings is 3. The third-order valence-corrected chi connectivity index (χ3v) is 9.89. The van der Waals surface area contributed by atoms with Gasteiger partial charge in [-0.1, -0.05) is 12.1 Å². The summed E-state index contributed by atoms with van der Waals surface area (Å²) in [6, 6.07) is 13.6. The maximum atomic E-state index is 14.1. The molecule has 13 nitrogen and oxygen atoms in total. The Kier molecular flexibility index (Phi) is 9.89. The van der Waals surface area contributed by atoms with Gasteiger partial charge in [-0.25, -0.2) is 17.2 Å². The highest BCUT2D eigenvalue weighted by atomic mass is 32.2. The van der Waals surface area contributed by atoms with Crippen LogP contribution in [0.3, 0.4) is 0 Å². The Bertz CT molecular complexity index is 1900. The molecule has 3 aromatic carbocycles. The third kappa shape index (κ3) is 6.77. The molecule has 0 radical (unpaired) electrons. The molecule has 1 aliphatic rings. The molecule has 0 bridgehead atoms. The molecule has 0 spiro atoms. The summed E-state index contributed by atoms with van der Waals surface area (Å²) in [5.41, 5.74) is 1.31. The molecule has 1 fully saturated rings. The minimum atomic E-state index is -4.21. The number of carbonyl (C=O) groups excluding carboxylic acids is 1. The Labute approximate surface area is 278 Å². The smallest absolute Gasteiger partial charge is 0.407 e. The van der Waals surface area contributed by atoms with E-state index in [2.05, 4.69) is 0 Å².